The number of carbonyl (C=O) groups is 3. The zero-order chi connectivity index (χ0) is 20.9. The normalized spacial score (nSPS) is 21.7. The molecule has 0 aliphatic carbocycles. The number of amides is 3. The highest BCUT2D eigenvalue weighted by molar-refractivity contribution is 6.35. The first-order chi connectivity index (χ1) is 13.8. The summed E-state index contributed by atoms with van der Waals surface area (Å²) in [5.41, 5.74) is 0.158. The number of halogens is 2. The second kappa shape index (κ2) is 7.04. The topological polar surface area (TPSA) is 69.7 Å². The number of fused-ring (bicyclic) bond motifs is 3. The van der Waals surface area contributed by atoms with Crippen LogP contribution in [0.1, 0.15) is 41.7 Å². The minimum atomic E-state index is -1.41. The van der Waals surface area contributed by atoms with E-state index in [1.807, 2.05) is 0 Å². The number of carbonyl (C=O) groups excluding carboxylic acids is 3. The number of benzene rings is 2. The second-order valence-corrected chi connectivity index (χ2v) is 8.13. The van der Waals surface area contributed by atoms with Crippen LogP contribution in [0.5, 0.6) is 0 Å². The molecule has 0 radical (unpaired) electrons. The van der Waals surface area contributed by atoms with Crippen LogP contribution in [0.15, 0.2) is 42.5 Å². The fraction of sp³-hybridized carbons (Fsp3) is 0.286. The lowest BCUT2D eigenvalue weighted by molar-refractivity contribution is -0.133. The van der Waals surface area contributed by atoms with E-state index in [0.29, 0.717) is 26.9 Å². The predicted octanol–water partition coefficient (Wildman–Crippen LogP) is 3.78. The smallest absolute Gasteiger partial charge is 0.267 e. The van der Waals surface area contributed by atoms with E-state index in [0.717, 1.165) is 0 Å². The van der Waals surface area contributed by atoms with Gasteiger partial charge in [-0.15, -0.1) is 0 Å². The Morgan fingerprint density at radius 2 is 1.90 bits per heavy atom. The number of rotatable bonds is 3. The van der Waals surface area contributed by atoms with Crippen molar-refractivity contribution in [2.75, 3.05) is 11.9 Å². The molecule has 1 N–H and O–H groups in total. The highest BCUT2D eigenvalue weighted by atomic mass is 35.5. The summed E-state index contributed by atoms with van der Waals surface area (Å²) < 4.78 is 0. The van der Waals surface area contributed by atoms with Crippen molar-refractivity contribution >= 4 is 46.6 Å². The van der Waals surface area contributed by atoms with E-state index < -0.39 is 17.6 Å². The molecule has 0 saturated carbocycles. The third kappa shape index (κ3) is 2.90. The number of nitrogens with zero attached hydrogens (tertiary/aromatic N) is 2. The van der Waals surface area contributed by atoms with Gasteiger partial charge in [0.15, 0.2) is 0 Å². The zero-order valence-corrected chi connectivity index (χ0v) is 17.4. The molecular weight excluding hydrogens is 413 g/mol. The maximum atomic E-state index is 13.5. The first-order valence-corrected chi connectivity index (χ1v) is 9.99. The number of hydrogen-bond acceptors (Lipinski definition) is 3. The highest BCUT2D eigenvalue weighted by Crippen LogP contribution is 2.44. The van der Waals surface area contributed by atoms with Gasteiger partial charge in [0.1, 0.15) is 0 Å². The molecule has 0 aromatic heterocycles. The SMILES string of the molecule is CC(NC(=O)C12CCC(=O)N1c1ccccc1C(=O)N2C)c1ccc(Cl)cc1Cl. The van der Waals surface area contributed by atoms with Crippen LogP contribution >= 0.6 is 23.2 Å². The van der Waals surface area contributed by atoms with Crippen molar-refractivity contribution in [1.29, 1.82) is 0 Å². The van der Waals surface area contributed by atoms with Gasteiger partial charge in [-0.2, -0.15) is 0 Å². The summed E-state index contributed by atoms with van der Waals surface area (Å²) in [6.45, 7) is 1.80. The molecule has 2 atom stereocenters. The fourth-order valence-electron chi connectivity index (χ4n) is 4.17. The van der Waals surface area contributed by atoms with Gasteiger partial charge in [0.05, 0.1) is 17.3 Å². The van der Waals surface area contributed by atoms with E-state index in [2.05, 4.69) is 5.32 Å². The molecule has 2 heterocycles. The molecule has 0 bridgehead atoms. The van der Waals surface area contributed by atoms with E-state index in [-0.39, 0.29) is 24.7 Å². The molecule has 2 aromatic carbocycles. The molecule has 150 valence electrons. The van der Waals surface area contributed by atoms with Gasteiger partial charge in [-0.05, 0) is 36.8 Å². The van der Waals surface area contributed by atoms with Crippen molar-refractivity contribution in [2.24, 2.45) is 0 Å². The van der Waals surface area contributed by atoms with Crippen LogP contribution in [-0.4, -0.2) is 35.3 Å². The molecule has 2 aliphatic rings. The van der Waals surface area contributed by atoms with Gasteiger partial charge in [-0.3, -0.25) is 19.3 Å². The Bertz CT molecular complexity index is 1040. The van der Waals surface area contributed by atoms with Crippen LogP contribution in [0.25, 0.3) is 0 Å². The number of anilines is 1. The fourth-order valence-corrected chi connectivity index (χ4v) is 4.74. The van der Waals surface area contributed by atoms with E-state index in [1.54, 1.807) is 56.4 Å². The average Bonchev–Trinajstić information content (AvgIpc) is 3.04. The molecule has 1 fully saturated rings. The van der Waals surface area contributed by atoms with Crippen LogP contribution < -0.4 is 10.2 Å². The Kier molecular flexibility index (Phi) is 4.79. The molecule has 2 aliphatic heterocycles. The molecule has 0 spiro atoms. The van der Waals surface area contributed by atoms with Crippen LogP contribution in [0.4, 0.5) is 5.69 Å². The average molecular weight is 432 g/mol. The van der Waals surface area contributed by atoms with Crippen LogP contribution in [-0.2, 0) is 9.59 Å². The van der Waals surface area contributed by atoms with Gasteiger partial charge >= 0.3 is 0 Å². The van der Waals surface area contributed by atoms with Gasteiger partial charge in [0.25, 0.3) is 11.8 Å². The summed E-state index contributed by atoms with van der Waals surface area (Å²) in [5.74, 6) is -0.907. The molecule has 8 heteroatoms. The van der Waals surface area contributed by atoms with Crippen molar-refractivity contribution in [2.45, 2.75) is 31.5 Å². The maximum Gasteiger partial charge on any atom is 0.267 e. The number of nitrogens with one attached hydrogen (secondary N) is 1. The first kappa shape index (κ1) is 19.7. The summed E-state index contributed by atoms with van der Waals surface area (Å²) in [7, 11) is 1.56. The van der Waals surface area contributed by atoms with E-state index >= 15 is 0 Å². The van der Waals surface area contributed by atoms with Gasteiger partial charge in [-0.25, -0.2) is 0 Å². The summed E-state index contributed by atoms with van der Waals surface area (Å²) in [6.07, 6.45) is 0.394. The molecule has 2 aromatic rings. The van der Waals surface area contributed by atoms with Crippen molar-refractivity contribution in [3.8, 4) is 0 Å². The first-order valence-electron chi connectivity index (χ1n) is 9.23. The Labute approximate surface area is 178 Å². The minimum absolute atomic E-state index is 0.176. The zero-order valence-electron chi connectivity index (χ0n) is 15.9. The highest BCUT2D eigenvalue weighted by Gasteiger charge is 2.59. The Hall–Kier alpha value is -2.57. The third-order valence-electron chi connectivity index (χ3n) is 5.68. The largest absolute Gasteiger partial charge is 0.346 e. The van der Waals surface area contributed by atoms with Crippen molar-refractivity contribution in [3.63, 3.8) is 0 Å². The predicted molar refractivity (Wildman–Crippen MR) is 111 cm³/mol. The quantitative estimate of drug-likeness (QED) is 0.803. The molecular formula is C21H19Cl2N3O3. The summed E-state index contributed by atoms with van der Waals surface area (Å²) in [5, 5.41) is 3.87. The summed E-state index contributed by atoms with van der Waals surface area (Å²) in [4.78, 5) is 42.1. The lowest BCUT2D eigenvalue weighted by atomic mass is 9.95. The molecule has 29 heavy (non-hydrogen) atoms. The van der Waals surface area contributed by atoms with Crippen molar-refractivity contribution < 1.29 is 14.4 Å². The molecule has 6 nitrogen and oxygen atoms in total. The van der Waals surface area contributed by atoms with Gasteiger partial charge in [-0.1, -0.05) is 41.4 Å². The molecule has 4 rings (SSSR count). The molecule has 2 unspecified atom stereocenters. The van der Waals surface area contributed by atoms with Crippen LogP contribution in [0.2, 0.25) is 10.0 Å². The van der Waals surface area contributed by atoms with Gasteiger partial charge < -0.3 is 10.2 Å². The van der Waals surface area contributed by atoms with Gasteiger partial charge in [0, 0.05) is 29.9 Å². The number of para-hydroxylation sites is 1. The third-order valence-corrected chi connectivity index (χ3v) is 6.24. The van der Waals surface area contributed by atoms with Crippen LogP contribution in [0.3, 0.4) is 0 Å². The van der Waals surface area contributed by atoms with Crippen molar-refractivity contribution in [1.82, 2.24) is 10.2 Å². The number of hydrogen-bond donors (Lipinski definition) is 1. The minimum Gasteiger partial charge on any atom is -0.346 e. The summed E-state index contributed by atoms with van der Waals surface area (Å²) in [6, 6.07) is 11.5. The second-order valence-electron chi connectivity index (χ2n) is 7.29. The Morgan fingerprint density at radius 3 is 2.62 bits per heavy atom. The monoisotopic (exact) mass is 431 g/mol. The van der Waals surface area contributed by atoms with Crippen LogP contribution in [0, 0.1) is 0 Å². The van der Waals surface area contributed by atoms with Gasteiger partial charge in [0.2, 0.25) is 11.6 Å². The number of likely N-dealkylation sites (N-methyl/N-ethyl adjacent to an activating group) is 1. The molecule has 3 amide bonds. The van der Waals surface area contributed by atoms with E-state index in [4.69, 9.17) is 23.2 Å². The van der Waals surface area contributed by atoms with Crippen molar-refractivity contribution in [3.05, 3.63) is 63.6 Å². The Balaban J connectivity index is 1.73. The molecule has 1 saturated heterocycles. The van der Waals surface area contributed by atoms with E-state index in [9.17, 15) is 14.4 Å². The standard InChI is InChI=1S/C21H19Cl2N3O3/c1-12(14-8-7-13(22)11-16(14)23)24-20(29)21-10-9-18(27)26(21)17-6-4-3-5-15(17)19(28)25(21)2/h3-8,11-12H,9-10H2,1-2H3,(H,24,29). The lowest BCUT2D eigenvalue weighted by Crippen LogP contribution is -2.69. The summed E-state index contributed by atoms with van der Waals surface area (Å²) >= 11 is 12.2. The Morgan fingerprint density at radius 1 is 1.17 bits per heavy atom. The lowest BCUT2D eigenvalue weighted by Gasteiger charge is -2.47. The maximum absolute atomic E-state index is 13.5. The van der Waals surface area contributed by atoms with E-state index in [1.165, 1.54) is 9.80 Å².